The summed E-state index contributed by atoms with van der Waals surface area (Å²) in [6, 6.07) is 12.0. The zero-order valence-electron chi connectivity index (χ0n) is 19.2. The number of hydrogen-bond acceptors (Lipinski definition) is 6. The van der Waals surface area contributed by atoms with Crippen LogP contribution >= 0.6 is 27.3 Å². The third kappa shape index (κ3) is 4.19. The largest absolute Gasteiger partial charge is 0.482 e. The standard InChI is InChI=1S/C26H22BrN3O4S/c1-3-10-29-20-11-17(6-9-21(20)34-12-22(29)31)24(32)15(2)30-14-28-25-23(26(30)33)19(13-35-25)16-4-7-18(27)8-5-16/h4-9,11,13-15H,3,10,12H2,1-2H3. The minimum Gasteiger partial charge on any atom is -0.482 e. The number of nitrogens with zero attached hydrogens (tertiary/aromatic N) is 3. The van der Waals surface area contributed by atoms with Crippen molar-refractivity contribution in [3.05, 3.63) is 74.6 Å². The van der Waals surface area contributed by atoms with Crippen LogP contribution in [0.25, 0.3) is 21.3 Å². The van der Waals surface area contributed by atoms with E-state index in [1.54, 1.807) is 30.0 Å². The van der Waals surface area contributed by atoms with Crippen LogP contribution in [0.3, 0.4) is 0 Å². The number of carbonyl (C=O) groups is 2. The second-order valence-corrected chi connectivity index (χ2v) is 10.1. The number of amides is 1. The lowest BCUT2D eigenvalue weighted by Crippen LogP contribution is -2.39. The number of carbonyl (C=O) groups excluding carboxylic acids is 2. The molecule has 3 heterocycles. The first-order valence-electron chi connectivity index (χ1n) is 11.2. The first-order chi connectivity index (χ1) is 16.9. The van der Waals surface area contributed by atoms with Gasteiger partial charge >= 0.3 is 0 Å². The number of anilines is 1. The van der Waals surface area contributed by atoms with Crippen LogP contribution in [0.2, 0.25) is 0 Å². The van der Waals surface area contributed by atoms with Gasteiger partial charge in [0.25, 0.3) is 11.5 Å². The van der Waals surface area contributed by atoms with Crippen LogP contribution in [-0.4, -0.2) is 34.4 Å². The van der Waals surface area contributed by atoms with Crippen LogP contribution in [0, 0.1) is 0 Å². The fourth-order valence-electron chi connectivity index (χ4n) is 4.26. The number of Topliss-reactive ketones (excluding diaryl/α,β-unsaturated/α-hetero) is 1. The highest BCUT2D eigenvalue weighted by Gasteiger charge is 2.28. The smallest absolute Gasteiger partial charge is 0.265 e. The minimum atomic E-state index is -0.782. The van der Waals surface area contributed by atoms with Gasteiger partial charge in [0.2, 0.25) is 0 Å². The van der Waals surface area contributed by atoms with Crippen LogP contribution in [0.5, 0.6) is 5.75 Å². The molecule has 0 radical (unpaired) electrons. The first-order valence-corrected chi connectivity index (χ1v) is 12.9. The number of ketones is 1. The van der Waals surface area contributed by atoms with Crippen LogP contribution in [0.15, 0.2) is 63.4 Å². The van der Waals surface area contributed by atoms with Crippen LogP contribution in [0.4, 0.5) is 5.69 Å². The zero-order chi connectivity index (χ0) is 24.7. The maximum absolute atomic E-state index is 13.5. The molecule has 1 aliphatic heterocycles. The lowest BCUT2D eigenvalue weighted by atomic mass is 10.0. The third-order valence-corrected chi connectivity index (χ3v) is 7.52. The highest BCUT2D eigenvalue weighted by atomic mass is 79.9. The van der Waals surface area contributed by atoms with Gasteiger partial charge in [-0.05, 0) is 49.2 Å². The molecule has 1 unspecified atom stereocenters. The Bertz CT molecular complexity index is 1510. The molecule has 0 fully saturated rings. The van der Waals surface area contributed by atoms with Crippen LogP contribution < -0.4 is 15.2 Å². The van der Waals surface area contributed by atoms with Gasteiger partial charge < -0.3 is 9.64 Å². The summed E-state index contributed by atoms with van der Waals surface area (Å²) in [5.74, 6) is 0.187. The molecule has 35 heavy (non-hydrogen) atoms. The molecule has 0 saturated heterocycles. The Morgan fingerprint density at radius 2 is 1.97 bits per heavy atom. The first kappa shape index (κ1) is 23.4. The van der Waals surface area contributed by atoms with E-state index in [4.69, 9.17) is 4.74 Å². The molecule has 4 aromatic rings. The molecule has 7 nitrogen and oxygen atoms in total. The zero-order valence-corrected chi connectivity index (χ0v) is 21.6. The normalized spacial score (nSPS) is 14.0. The monoisotopic (exact) mass is 551 g/mol. The third-order valence-electron chi connectivity index (χ3n) is 6.10. The molecule has 1 amide bonds. The predicted molar refractivity (Wildman–Crippen MR) is 141 cm³/mol. The van der Waals surface area contributed by atoms with E-state index in [-0.39, 0.29) is 23.9 Å². The Morgan fingerprint density at radius 3 is 2.71 bits per heavy atom. The maximum atomic E-state index is 13.5. The van der Waals surface area contributed by atoms with Gasteiger partial charge in [-0.15, -0.1) is 11.3 Å². The SMILES string of the molecule is CCCN1C(=O)COc2ccc(C(=O)C(C)n3cnc4scc(-c5ccc(Br)cc5)c4c3=O)cc21. The molecule has 9 heteroatoms. The molecule has 178 valence electrons. The van der Waals surface area contributed by atoms with Crippen LogP contribution in [-0.2, 0) is 4.79 Å². The number of thiophene rings is 1. The van der Waals surface area contributed by atoms with Crippen molar-refractivity contribution in [3.8, 4) is 16.9 Å². The summed E-state index contributed by atoms with van der Waals surface area (Å²) in [4.78, 5) is 46.1. The topological polar surface area (TPSA) is 81.5 Å². The molecular formula is C26H22BrN3O4S. The number of fused-ring (bicyclic) bond motifs is 2. The van der Waals surface area contributed by atoms with E-state index in [2.05, 4.69) is 20.9 Å². The van der Waals surface area contributed by atoms with Gasteiger partial charge in [0.05, 0.1) is 23.4 Å². The molecule has 2 aromatic heterocycles. The quantitative estimate of drug-likeness (QED) is 0.297. The Labute approximate surface area is 214 Å². The summed E-state index contributed by atoms with van der Waals surface area (Å²) < 4.78 is 7.87. The van der Waals surface area contributed by atoms with Gasteiger partial charge in [0.15, 0.2) is 12.4 Å². The summed E-state index contributed by atoms with van der Waals surface area (Å²) in [6.45, 7) is 4.20. The Morgan fingerprint density at radius 1 is 1.20 bits per heavy atom. The van der Waals surface area contributed by atoms with E-state index in [1.807, 2.05) is 36.6 Å². The molecule has 0 saturated carbocycles. The van der Waals surface area contributed by atoms with Crippen LogP contribution in [0.1, 0.15) is 36.7 Å². The van der Waals surface area contributed by atoms with Gasteiger partial charge in [-0.3, -0.25) is 19.0 Å². The molecular weight excluding hydrogens is 530 g/mol. The Kier molecular flexibility index (Phi) is 6.29. The van der Waals surface area contributed by atoms with E-state index >= 15 is 0 Å². The van der Waals surface area contributed by atoms with Gasteiger partial charge in [0, 0.05) is 27.5 Å². The summed E-state index contributed by atoms with van der Waals surface area (Å²) in [7, 11) is 0. The van der Waals surface area contributed by atoms with Crippen molar-refractivity contribution >= 4 is 54.9 Å². The summed E-state index contributed by atoms with van der Waals surface area (Å²) in [5.41, 5.74) is 2.42. The Hall–Kier alpha value is -3.30. The lowest BCUT2D eigenvalue weighted by molar-refractivity contribution is -0.121. The lowest BCUT2D eigenvalue weighted by Gasteiger charge is -2.29. The van der Waals surface area contributed by atoms with Gasteiger partial charge in [-0.1, -0.05) is 35.0 Å². The number of halogens is 1. The highest BCUT2D eigenvalue weighted by molar-refractivity contribution is 9.10. The number of rotatable bonds is 6. The molecule has 2 aromatic carbocycles. The van der Waals surface area contributed by atoms with Crippen molar-refractivity contribution in [1.82, 2.24) is 9.55 Å². The highest BCUT2D eigenvalue weighted by Crippen LogP contribution is 2.35. The predicted octanol–water partition coefficient (Wildman–Crippen LogP) is 5.47. The number of benzene rings is 2. The van der Waals surface area contributed by atoms with Crippen molar-refractivity contribution in [2.45, 2.75) is 26.3 Å². The summed E-state index contributed by atoms with van der Waals surface area (Å²) >= 11 is 4.84. The van der Waals surface area contributed by atoms with Crippen molar-refractivity contribution < 1.29 is 14.3 Å². The molecule has 0 spiro atoms. The molecule has 1 aliphatic rings. The van der Waals surface area contributed by atoms with Gasteiger partial charge in [-0.25, -0.2) is 4.98 Å². The van der Waals surface area contributed by atoms with E-state index in [0.29, 0.717) is 33.8 Å². The van der Waals surface area contributed by atoms with Gasteiger partial charge in [-0.2, -0.15) is 0 Å². The van der Waals surface area contributed by atoms with Gasteiger partial charge in [0.1, 0.15) is 10.6 Å². The second-order valence-electron chi connectivity index (χ2n) is 8.35. The average molecular weight is 552 g/mol. The van der Waals surface area contributed by atoms with Crippen molar-refractivity contribution in [2.75, 3.05) is 18.1 Å². The molecule has 0 N–H and O–H groups in total. The van der Waals surface area contributed by atoms with Crippen molar-refractivity contribution in [1.29, 1.82) is 0 Å². The summed E-state index contributed by atoms with van der Waals surface area (Å²) in [6.07, 6.45) is 2.21. The average Bonchev–Trinajstić information content (AvgIpc) is 3.30. The van der Waals surface area contributed by atoms with E-state index in [9.17, 15) is 14.4 Å². The van der Waals surface area contributed by atoms with Crippen molar-refractivity contribution in [2.24, 2.45) is 0 Å². The van der Waals surface area contributed by atoms with Crippen molar-refractivity contribution in [3.63, 3.8) is 0 Å². The van der Waals surface area contributed by atoms with E-state index in [0.717, 1.165) is 22.0 Å². The fraction of sp³-hybridized carbons (Fsp3) is 0.231. The summed E-state index contributed by atoms with van der Waals surface area (Å²) in [5, 5.41) is 2.42. The number of hydrogen-bond donors (Lipinski definition) is 0. The van der Waals surface area contributed by atoms with E-state index < -0.39 is 6.04 Å². The number of aromatic nitrogens is 2. The molecule has 0 aliphatic carbocycles. The second kappa shape index (κ2) is 9.39. The number of ether oxygens (including phenoxy) is 1. The molecule has 5 rings (SSSR count). The molecule has 1 atom stereocenters. The molecule has 0 bridgehead atoms. The van der Waals surface area contributed by atoms with E-state index in [1.165, 1.54) is 22.2 Å². The maximum Gasteiger partial charge on any atom is 0.265 e. The fourth-order valence-corrected chi connectivity index (χ4v) is 5.43. The Balaban J connectivity index is 1.53. The minimum absolute atomic E-state index is 0.0148.